The fourth-order valence-corrected chi connectivity index (χ4v) is 2.40. The Kier molecular flexibility index (Phi) is 3.19. The Morgan fingerprint density at radius 3 is 2.39 bits per heavy atom. The van der Waals surface area contributed by atoms with Crippen LogP contribution in [0.15, 0.2) is 29.4 Å². The number of rotatable bonds is 3. The van der Waals surface area contributed by atoms with E-state index in [1.807, 2.05) is 0 Å². The first kappa shape index (κ1) is 11.5. The van der Waals surface area contributed by atoms with Gasteiger partial charge in [-0.15, -0.1) is 0 Å². The number of nitrogens with zero attached hydrogens (tertiary/aromatic N) is 2. The van der Waals surface area contributed by atoms with E-state index in [0.717, 1.165) is 50.4 Å². The summed E-state index contributed by atoms with van der Waals surface area (Å²) in [5.74, 6) is 0.462. The van der Waals surface area contributed by atoms with Gasteiger partial charge in [0, 0.05) is 24.7 Å². The number of benzene rings is 1. The molecule has 0 radical (unpaired) electrons. The molecule has 4 nitrogen and oxygen atoms in total. The quantitative estimate of drug-likeness (QED) is 0.505. The largest absolute Gasteiger partial charge is 0.411 e. The van der Waals surface area contributed by atoms with Crippen molar-refractivity contribution in [3.8, 4) is 0 Å². The predicted molar refractivity (Wildman–Crippen MR) is 70.5 cm³/mol. The molecule has 1 saturated carbocycles. The minimum absolute atomic E-state index is 0.462. The van der Waals surface area contributed by atoms with Crippen LogP contribution in [0.2, 0.25) is 0 Å². The highest BCUT2D eigenvalue weighted by atomic mass is 16.5. The van der Waals surface area contributed by atoms with Gasteiger partial charge in [0.05, 0.1) is 18.9 Å². The highest BCUT2D eigenvalue weighted by Crippen LogP contribution is 2.33. The molecular weight excluding hydrogens is 228 g/mol. The highest BCUT2D eigenvalue weighted by molar-refractivity contribution is 6.03. The minimum Gasteiger partial charge on any atom is -0.411 e. The second-order valence-corrected chi connectivity index (χ2v) is 4.91. The lowest BCUT2D eigenvalue weighted by molar-refractivity contribution is 0.122. The smallest absolute Gasteiger partial charge is 0.0898 e. The molecule has 1 N–H and O–H groups in total. The first-order chi connectivity index (χ1) is 8.88. The highest BCUT2D eigenvalue weighted by Gasteiger charge is 2.29. The normalized spacial score (nSPS) is 21.1. The van der Waals surface area contributed by atoms with Gasteiger partial charge in [0.15, 0.2) is 0 Å². The lowest BCUT2D eigenvalue weighted by Gasteiger charge is -2.28. The average molecular weight is 246 g/mol. The lowest BCUT2D eigenvalue weighted by atomic mass is 10.1. The van der Waals surface area contributed by atoms with Crippen LogP contribution in [0.25, 0.3) is 0 Å². The third-order valence-corrected chi connectivity index (χ3v) is 3.61. The zero-order chi connectivity index (χ0) is 12.4. The van der Waals surface area contributed by atoms with Crippen LogP contribution in [0.4, 0.5) is 5.69 Å². The van der Waals surface area contributed by atoms with E-state index in [-0.39, 0.29) is 0 Å². The predicted octanol–water partition coefficient (Wildman–Crippen LogP) is 2.11. The number of ether oxygens (including phenoxy) is 1. The van der Waals surface area contributed by atoms with E-state index in [9.17, 15) is 0 Å². The molecule has 2 aliphatic rings. The van der Waals surface area contributed by atoms with Gasteiger partial charge in [0.25, 0.3) is 0 Å². The minimum atomic E-state index is 0.462. The van der Waals surface area contributed by atoms with Gasteiger partial charge in [-0.3, -0.25) is 0 Å². The molecule has 3 rings (SSSR count). The van der Waals surface area contributed by atoms with Crippen molar-refractivity contribution >= 4 is 11.4 Å². The fourth-order valence-electron chi connectivity index (χ4n) is 2.40. The molecule has 1 heterocycles. The fraction of sp³-hybridized carbons (Fsp3) is 0.500. The molecule has 0 amide bonds. The summed E-state index contributed by atoms with van der Waals surface area (Å²) in [4.78, 5) is 2.32. The molecule has 1 aliphatic heterocycles. The van der Waals surface area contributed by atoms with Gasteiger partial charge in [-0.05, 0) is 30.5 Å². The summed E-state index contributed by atoms with van der Waals surface area (Å²) in [5, 5.41) is 12.5. The van der Waals surface area contributed by atoms with Crippen molar-refractivity contribution in [3.63, 3.8) is 0 Å². The van der Waals surface area contributed by atoms with E-state index < -0.39 is 0 Å². The summed E-state index contributed by atoms with van der Waals surface area (Å²) in [6.07, 6.45) is 2.29. The first-order valence-corrected chi connectivity index (χ1v) is 6.53. The van der Waals surface area contributed by atoms with Crippen molar-refractivity contribution in [3.05, 3.63) is 29.8 Å². The van der Waals surface area contributed by atoms with Gasteiger partial charge in [-0.1, -0.05) is 17.3 Å². The molecule has 96 valence electrons. The number of morpholine rings is 1. The van der Waals surface area contributed by atoms with Gasteiger partial charge in [0.2, 0.25) is 0 Å². The summed E-state index contributed by atoms with van der Waals surface area (Å²) in [7, 11) is 0. The van der Waals surface area contributed by atoms with Crippen LogP contribution in [0.1, 0.15) is 18.4 Å². The van der Waals surface area contributed by atoms with E-state index in [2.05, 4.69) is 34.3 Å². The van der Waals surface area contributed by atoms with Crippen molar-refractivity contribution < 1.29 is 9.94 Å². The van der Waals surface area contributed by atoms with Crippen LogP contribution in [-0.2, 0) is 4.74 Å². The van der Waals surface area contributed by atoms with Gasteiger partial charge >= 0.3 is 0 Å². The van der Waals surface area contributed by atoms with E-state index in [0.29, 0.717) is 5.92 Å². The van der Waals surface area contributed by atoms with Crippen LogP contribution in [0.5, 0.6) is 0 Å². The average Bonchev–Trinajstić information content (AvgIpc) is 3.26. The van der Waals surface area contributed by atoms with Crippen molar-refractivity contribution in [1.29, 1.82) is 0 Å². The molecule has 2 fully saturated rings. The lowest BCUT2D eigenvalue weighted by Crippen LogP contribution is -2.36. The Balaban J connectivity index is 1.75. The molecule has 1 aromatic rings. The second kappa shape index (κ2) is 4.98. The van der Waals surface area contributed by atoms with E-state index in [4.69, 9.17) is 9.94 Å². The van der Waals surface area contributed by atoms with Gasteiger partial charge in [-0.25, -0.2) is 0 Å². The second-order valence-electron chi connectivity index (χ2n) is 4.91. The summed E-state index contributed by atoms with van der Waals surface area (Å²) in [6, 6.07) is 8.32. The third-order valence-electron chi connectivity index (χ3n) is 3.61. The van der Waals surface area contributed by atoms with Crippen LogP contribution in [0.3, 0.4) is 0 Å². The summed E-state index contributed by atoms with van der Waals surface area (Å²) >= 11 is 0. The molecular formula is C14H18N2O2. The van der Waals surface area contributed by atoms with Crippen molar-refractivity contribution in [1.82, 2.24) is 0 Å². The summed E-state index contributed by atoms with van der Waals surface area (Å²) in [6.45, 7) is 3.49. The number of hydrogen-bond acceptors (Lipinski definition) is 4. The maximum Gasteiger partial charge on any atom is 0.0898 e. The standard InChI is InChI=1S/C14H18N2O2/c17-15-14(11-1-2-11)12-3-5-13(6-4-12)16-7-9-18-10-8-16/h3-6,11,17H,1-2,7-10H2. The molecule has 0 bridgehead atoms. The molecule has 0 unspecified atom stereocenters. The molecule has 1 aliphatic carbocycles. The maximum absolute atomic E-state index is 9.07. The maximum atomic E-state index is 9.07. The molecule has 0 spiro atoms. The number of anilines is 1. The molecule has 4 heteroatoms. The van der Waals surface area contributed by atoms with E-state index >= 15 is 0 Å². The molecule has 1 saturated heterocycles. The van der Waals surface area contributed by atoms with E-state index in [1.54, 1.807) is 0 Å². The summed E-state index contributed by atoms with van der Waals surface area (Å²) < 4.78 is 5.35. The van der Waals surface area contributed by atoms with Crippen LogP contribution in [-0.4, -0.2) is 37.2 Å². The van der Waals surface area contributed by atoms with Crippen molar-refractivity contribution in [2.45, 2.75) is 12.8 Å². The Labute approximate surface area is 107 Å². The molecule has 0 atom stereocenters. The molecule has 0 aromatic heterocycles. The van der Waals surface area contributed by atoms with Crippen LogP contribution in [0, 0.1) is 5.92 Å². The van der Waals surface area contributed by atoms with Crippen LogP contribution < -0.4 is 4.90 Å². The number of oxime groups is 1. The molecule has 1 aromatic carbocycles. The SMILES string of the molecule is ON=C(c1ccc(N2CCOCC2)cc1)C1CC1. The summed E-state index contributed by atoms with van der Waals surface area (Å²) in [5.41, 5.74) is 3.09. The first-order valence-electron chi connectivity index (χ1n) is 6.53. The Bertz CT molecular complexity index is 432. The van der Waals surface area contributed by atoms with E-state index in [1.165, 1.54) is 5.69 Å². The third kappa shape index (κ3) is 2.34. The van der Waals surface area contributed by atoms with Gasteiger partial charge in [-0.2, -0.15) is 0 Å². The Hall–Kier alpha value is -1.55. The topological polar surface area (TPSA) is 45.1 Å². The zero-order valence-corrected chi connectivity index (χ0v) is 10.4. The van der Waals surface area contributed by atoms with Crippen LogP contribution >= 0.6 is 0 Å². The molecule has 18 heavy (non-hydrogen) atoms. The van der Waals surface area contributed by atoms with Crippen molar-refractivity contribution in [2.75, 3.05) is 31.2 Å². The Morgan fingerprint density at radius 1 is 1.17 bits per heavy atom. The van der Waals surface area contributed by atoms with Gasteiger partial charge in [0.1, 0.15) is 0 Å². The Morgan fingerprint density at radius 2 is 1.83 bits per heavy atom. The van der Waals surface area contributed by atoms with Gasteiger partial charge < -0.3 is 14.8 Å². The monoisotopic (exact) mass is 246 g/mol. The van der Waals surface area contributed by atoms with Crippen molar-refractivity contribution in [2.24, 2.45) is 11.1 Å². The zero-order valence-electron chi connectivity index (χ0n) is 10.4. The number of hydrogen-bond donors (Lipinski definition) is 1.